The number of aliphatic imine (C=N–C) groups is 1. The van der Waals surface area contributed by atoms with Crippen molar-refractivity contribution < 1.29 is 13.9 Å². The molecule has 164 valence electrons. The molecule has 2 aliphatic rings. The minimum Gasteiger partial charge on any atom is -0.459 e. The number of guanidine groups is 1. The molecule has 0 unspecified atom stereocenters. The number of nitrogens with zero attached hydrogens (tertiary/aromatic N) is 4. The first kappa shape index (κ1) is 23.9. The molecule has 1 aromatic rings. The molecule has 1 saturated carbocycles. The van der Waals surface area contributed by atoms with Gasteiger partial charge in [0, 0.05) is 59.0 Å². The highest BCUT2D eigenvalue weighted by Gasteiger charge is 2.28. The first-order valence-corrected chi connectivity index (χ1v) is 10.3. The van der Waals surface area contributed by atoms with Gasteiger partial charge in [0.25, 0.3) is 5.91 Å². The average Bonchev–Trinajstić information content (AvgIpc) is 3.42. The van der Waals surface area contributed by atoms with Crippen molar-refractivity contribution in [1.82, 2.24) is 20.0 Å². The molecule has 1 saturated heterocycles. The summed E-state index contributed by atoms with van der Waals surface area (Å²) in [5.74, 6) is 1.31. The van der Waals surface area contributed by atoms with Gasteiger partial charge in [-0.15, -0.1) is 24.0 Å². The Balaban J connectivity index is 0.00000300. The predicted molar refractivity (Wildman–Crippen MR) is 124 cm³/mol. The Morgan fingerprint density at radius 3 is 2.59 bits per heavy atom. The number of piperazine rings is 1. The summed E-state index contributed by atoms with van der Waals surface area (Å²) in [5, 5.41) is 3.40. The molecule has 8 nitrogen and oxygen atoms in total. The van der Waals surface area contributed by atoms with Crippen molar-refractivity contribution in [3.05, 3.63) is 24.2 Å². The van der Waals surface area contributed by atoms with Gasteiger partial charge in [0.1, 0.15) is 0 Å². The monoisotopic (exact) mass is 519 g/mol. The molecule has 1 N–H and O–H groups in total. The number of halogens is 1. The largest absolute Gasteiger partial charge is 0.459 e. The Labute approximate surface area is 190 Å². The molecular formula is C20H34IN5O3. The molecule has 0 radical (unpaired) electrons. The lowest BCUT2D eigenvalue weighted by atomic mass is 10.3. The third-order valence-electron chi connectivity index (χ3n) is 5.23. The number of carbonyl (C=O) groups excluding carboxylic acids is 1. The zero-order chi connectivity index (χ0) is 19.8. The van der Waals surface area contributed by atoms with Gasteiger partial charge in [0.05, 0.1) is 19.4 Å². The number of furan rings is 1. The summed E-state index contributed by atoms with van der Waals surface area (Å²) < 4.78 is 10.5. The number of hydrogen-bond donors (Lipinski definition) is 1. The zero-order valence-corrected chi connectivity index (χ0v) is 19.8. The summed E-state index contributed by atoms with van der Waals surface area (Å²) in [6, 6.07) is 4.18. The van der Waals surface area contributed by atoms with E-state index in [1.54, 1.807) is 19.2 Å². The molecular weight excluding hydrogens is 485 g/mol. The number of hydrogen-bond acceptors (Lipinski definition) is 5. The normalized spacial score (nSPS) is 17.4. The number of ether oxygens (including phenoxy) is 1. The van der Waals surface area contributed by atoms with Crippen molar-refractivity contribution in [2.75, 3.05) is 66.1 Å². The van der Waals surface area contributed by atoms with E-state index in [4.69, 9.17) is 14.1 Å². The van der Waals surface area contributed by atoms with E-state index in [1.165, 1.54) is 19.1 Å². The third-order valence-corrected chi connectivity index (χ3v) is 5.23. The van der Waals surface area contributed by atoms with Gasteiger partial charge in [-0.05, 0) is 31.9 Å². The summed E-state index contributed by atoms with van der Waals surface area (Å²) in [7, 11) is 1.75. The lowest BCUT2D eigenvalue weighted by Crippen LogP contribution is -2.53. The molecule has 0 aromatic carbocycles. The first-order chi connectivity index (χ1) is 13.7. The lowest BCUT2D eigenvalue weighted by molar-refractivity contribution is 0.0657. The Hall–Kier alpha value is -1.33. The molecule has 0 atom stereocenters. The fourth-order valence-corrected chi connectivity index (χ4v) is 3.51. The first-order valence-electron chi connectivity index (χ1n) is 10.3. The highest BCUT2D eigenvalue weighted by Crippen LogP contribution is 2.26. The number of carbonyl (C=O) groups is 1. The number of methoxy groups -OCH3 is 1. The maximum atomic E-state index is 12.4. The molecule has 1 amide bonds. The fourth-order valence-electron chi connectivity index (χ4n) is 3.51. The van der Waals surface area contributed by atoms with Crippen LogP contribution in [0.4, 0.5) is 0 Å². The molecule has 0 spiro atoms. The van der Waals surface area contributed by atoms with Crippen LogP contribution in [-0.2, 0) is 4.74 Å². The van der Waals surface area contributed by atoms with Gasteiger partial charge in [-0.3, -0.25) is 14.7 Å². The van der Waals surface area contributed by atoms with Crippen molar-refractivity contribution in [3.8, 4) is 0 Å². The van der Waals surface area contributed by atoms with Gasteiger partial charge in [0.15, 0.2) is 11.7 Å². The lowest BCUT2D eigenvalue weighted by Gasteiger charge is -2.36. The highest BCUT2D eigenvalue weighted by atomic mass is 127. The van der Waals surface area contributed by atoms with Gasteiger partial charge in [-0.25, -0.2) is 0 Å². The maximum absolute atomic E-state index is 12.4. The second-order valence-corrected chi connectivity index (χ2v) is 7.25. The average molecular weight is 519 g/mol. The SMILES string of the molecule is CCNC(=NCCN(CCOC)C1CC1)N1CCN(C(=O)c2ccco2)CC1.I. The molecule has 1 aliphatic carbocycles. The molecule has 9 heteroatoms. The number of rotatable bonds is 9. The summed E-state index contributed by atoms with van der Waals surface area (Å²) in [4.78, 5) is 23.8. The van der Waals surface area contributed by atoms with Gasteiger partial charge in [0.2, 0.25) is 0 Å². The van der Waals surface area contributed by atoms with Crippen molar-refractivity contribution in [1.29, 1.82) is 0 Å². The van der Waals surface area contributed by atoms with Gasteiger partial charge >= 0.3 is 0 Å². The van der Waals surface area contributed by atoms with Gasteiger partial charge in [-0.2, -0.15) is 0 Å². The van der Waals surface area contributed by atoms with E-state index in [2.05, 4.69) is 22.0 Å². The van der Waals surface area contributed by atoms with Crippen LogP contribution < -0.4 is 5.32 Å². The van der Waals surface area contributed by atoms with E-state index in [-0.39, 0.29) is 29.9 Å². The van der Waals surface area contributed by atoms with Gasteiger partial charge in [-0.1, -0.05) is 0 Å². The van der Waals surface area contributed by atoms with Crippen LogP contribution in [0.5, 0.6) is 0 Å². The van der Waals surface area contributed by atoms with E-state index in [9.17, 15) is 4.79 Å². The van der Waals surface area contributed by atoms with E-state index < -0.39 is 0 Å². The molecule has 1 aliphatic heterocycles. The van der Waals surface area contributed by atoms with Crippen LogP contribution in [0.1, 0.15) is 30.3 Å². The van der Waals surface area contributed by atoms with Crippen molar-refractivity contribution in [3.63, 3.8) is 0 Å². The molecule has 2 heterocycles. The Bertz CT molecular complexity index is 628. The van der Waals surface area contributed by atoms with E-state index in [0.717, 1.165) is 51.8 Å². The second-order valence-electron chi connectivity index (χ2n) is 7.25. The van der Waals surface area contributed by atoms with Gasteiger partial charge < -0.3 is 24.3 Å². The molecule has 0 bridgehead atoms. The topological polar surface area (TPSA) is 73.6 Å². The van der Waals surface area contributed by atoms with E-state index in [0.29, 0.717) is 24.9 Å². The molecule has 29 heavy (non-hydrogen) atoms. The van der Waals surface area contributed by atoms with Crippen LogP contribution in [0.25, 0.3) is 0 Å². The third kappa shape index (κ3) is 7.14. The van der Waals surface area contributed by atoms with Crippen molar-refractivity contribution >= 4 is 35.8 Å². The Kier molecular flexibility index (Phi) is 10.2. The van der Waals surface area contributed by atoms with Crippen molar-refractivity contribution in [2.45, 2.75) is 25.8 Å². The Morgan fingerprint density at radius 1 is 1.28 bits per heavy atom. The molecule has 3 rings (SSSR count). The summed E-state index contributed by atoms with van der Waals surface area (Å²) in [6.45, 7) is 9.28. The number of amides is 1. The fraction of sp³-hybridized carbons (Fsp3) is 0.700. The zero-order valence-electron chi connectivity index (χ0n) is 17.5. The Morgan fingerprint density at radius 2 is 2.00 bits per heavy atom. The smallest absolute Gasteiger partial charge is 0.289 e. The predicted octanol–water partition coefficient (Wildman–Crippen LogP) is 1.73. The quantitative estimate of drug-likeness (QED) is 0.305. The summed E-state index contributed by atoms with van der Waals surface area (Å²) >= 11 is 0. The molecule has 1 aromatic heterocycles. The van der Waals surface area contributed by atoms with Crippen molar-refractivity contribution in [2.24, 2.45) is 4.99 Å². The maximum Gasteiger partial charge on any atom is 0.289 e. The standard InChI is InChI=1S/C20H33N5O3.HI/c1-3-21-20(22-8-9-23(14-16-27-2)17-6-7-17)25-12-10-24(11-13-25)19(26)18-5-4-15-28-18;/h4-5,15,17H,3,6-14,16H2,1-2H3,(H,21,22);1H. The minimum atomic E-state index is -0.0372. The highest BCUT2D eigenvalue weighted by molar-refractivity contribution is 14.0. The minimum absolute atomic E-state index is 0. The van der Waals surface area contributed by atoms with Crippen LogP contribution in [0, 0.1) is 0 Å². The second kappa shape index (κ2) is 12.4. The van der Waals surface area contributed by atoms with Crippen LogP contribution in [-0.4, -0.2) is 98.7 Å². The molecule has 2 fully saturated rings. The summed E-state index contributed by atoms with van der Waals surface area (Å²) in [6.07, 6.45) is 4.12. The van der Waals surface area contributed by atoms with Crippen LogP contribution >= 0.6 is 24.0 Å². The number of nitrogens with one attached hydrogen (secondary N) is 1. The van der Waals surface area contributed by atoms with Crippen LogP contribution in [0.15, 0.2) is 27.8 Å². The summed E-state index contributed by atoms with van der Waals surface area (Å²) in [5.41, 5.74) is 0. The van der Waals surface area contributed by atoms with Crippen LogP contribution in [0.3, 0.4) is 0 Å². The van der Waals surface area contributed by atoms with Crippen LogP contribution in [0.2, 0.25) is 0 Å². The van der Waals surface area contributed by atoms with E-state index in [1.807, 2.05) is 4.90 Å². The van der Waals surface area contributed by atoms with E-state index >= 15 is 0 Å².